The van der Waals surface area contributed by atoms with Gasteiger partial charge in [0.1, 0.15) is 5.52 Å². The molecule has 162 valence electrons. The number of benzene rings is 2. The predicted octanol–water partition coefficient (Wildman–Crippen LogP) is 3.69. The Kier molecular flexibility index (Phi) is 5.59. The van der Waals surface area contributed by atoms with Crippen molar-refractivity contribution in [1.82, 2.24) is 24.5 Å². The Morgan fingerprint density at radius 2 is 1.75 bits per heavy atom. The lowest BCUT2D eigenvalue weighted by molar-refractivity contribution is 0.882. The van der Waals surface area contributed by atoms with Crippen LogP contribution in [0.2, 0.25) is 0 Å². The van der Waals surface area contributed by atoms with Crippen LogP contribution in [-0.2, 0) is 6.42 Å². The first kappa shape index (κ1) is 21.0. The van der Waals surface area contributed by atoms with E-state index in [1.165, 1.54) is 6.33 Å². The summed E-state index contributed by atoms with van der Waals surface area (Å²) < 4.78 is 1.87. The molecule has 8 nitrogen and oxygen atoms in total. The van der Waals surface area contributed by atoms with E-state index in [9.17, 15) is 4.79 Å². The lowest BCUT2D eigenvalue weighted by Gasteiger charge is -2.16. The van der Waals surface area contributed by atoms with E-state index in [1.54, 1.807) is 0 Å². The number of aromatic amines is 1. The van der Waals surface area contributed by atoms with Crippen molar-refractivity contribution in [3.05, 3.63) is 82.0 Å². The molecule has 0 atom stereocenters. The van der Waals surface area contributed by atoms with Crippen LogP contribution in [-0.4, -0.2) is 24.5 Å². The van der Waals surface area contributed by atoms with Crippen LogP contribution in [0.4, 0.5) is 11.8 Å². The molecular weight excluding hydrogens is 402 g/mol. The molecule has 5 rings (SSSR count). The van der Waals surface area contributed by atoms with Crippen molar-refractivity contribution >= 4 is 33.7 Å². The molecule has 0 unspecified atom stereocenters. The van der Waals surface area contributed by atoms with Gasteiger partial charge in [0, 0.05) is 5.69 Å². The summed E-state index contributed by atoms with van der Waals surface area (Å²) in [5.74, 6) is 0.465. The van der Waals surface area contributed by atoms with Gasteiger partial charge in [-0.25, -0.2) is 4.98 Å². The standard InChI is InChI=1S/C19H19NO.C5H6N6/c1-4-16-12-15-10-7-9-14(3)18(15)19(21)20(16)17-11-6-5-8-13(17)2;6-3-2-4(9-1-8-2)11-5(7)10-3/h5-12H,4H2,1-3H3;1H,(H5,6,7,8,9,10,11). The van der Waals surface area contributed by atoms with E-state index in [4.69, 9.17) is 11.5 Å². The van der Waals surface area contributed by atoms with Gasteiger partial charge in [-0.3, -0.25) is 9.36 Å². The highest BCUT2D eigenvalue weighted by Gasteiger charge is 2.12. The fourth-order valence-electron chi connectivity index (χ4n) is 3.80. The molecule has 0 aliphatic heterocycles. The highest BCUT2D eigenvalue weighted by molar-refractivity contribution is 5.85. The summed E-state index contributed by atoms with van der Waals surface area (Å²) in [5, 5.41) is 1.85. The van der Waals surface area contributed by atoms with Crippen molar-refractivity contribution in [3.63, 3.8) is 0 Å². The minimum Gasteiger partial charge on any atom is -0.382 e. The van der Waals surface area contributed by atoms with Crippen LogP contribution >= 0.6 is 0 Å². The number of fused-ring (bicyclic) bond motifs is 2. The molecule has 5 aromatic rings. The third-order valence-corrected chi connectivity index (χ3v) is 5.38. The summed E-state index contributed by atoms with van der Waals surface area (Å²) in [6.45, 7) is 6.13. The molecule has 0 bridgehead atoms. The molecule has 32 heavy (non-hydrogen) atoms. The molecule has 0 saturated carbocycles. The number of nitrogens with two attached hydrogens (primary N) is 2. The Balaban J connectivity index is 0.000000186. The molecule has 0 fully saturated rings. The van der Waals surface area contributed by atoms with Crippen LogP contribution < -0.4 is 17.0 Å². The minimum absolute atomic E-state index is 0.0803. The molecule has 0 radical (unpaired) electrons. The van der Waals surface area contributed by atoms with Gasteiger partial charge < -0.3 is 16.5 Å². The predicted molar refractivity (Wildman–Crippen MR) is 129 cm³/mol. The van der Waals surface area contributed by atoms with E-state index in [0.29, 0.717) is 17.0 Å². The zero-order chi connectivity index (χ0) is 22.8. The van der Waals surface area contributed by atoms with Crippen molar-refractivity contribution in [2.45, 2.75) is 27.2 Å². The lowest BCUT2D eigenvalue weighted by atomic mass is 10.0. The van der Waals surface area contributed by atoms with Crippen LogP contribution in [0.1, 0.15) is 23.7 Å². The number of H-pyrrole nitrogens is 1. The molecule has 0 aliphatic carbocycles. The Labute approximate surface area is 185 Å². The number of imidazole rings is 1. The van der Waals surface area contributed by atoms with Crippen LogP contribution in [0.3, 0.4) is 0 Å². The first-order valence-electron chi connectivity index (χ1n) is 10.3. The van der Waals surface area contributed by atoms with Gasteiger partial charge in [-0.15, -0.1) is 0 Å². The first-order valence-corrected chi connectivity index (χ1v) is 10.3. The number of aromatic nitrogens is 5. The summed E-state index contributed by atoms with van der Waals surface area (Å²) in [7, 11) is 0. The third kappa shape index (κ3) is 3.78. The van der Waals surface area contributed by atoms with Crippen LogP contribution in [0.25, 0.3) is 27.6 Å². The molecule has 0 aliphatic rings. The fourth-order valence-corrected chi connectivity index (χ4v) is 3.80. The number of nitrogens with one attached hydrogen (secondary N) is 1. The van der Waals surface area contributed by atoms with Crippen LogP contribution in [0, 0.1) is 13.8 Å². The summed E-state index contributed by atoms with van der Waals surface area (Å²) in [5.41, 5.74) is 16.2. The average Bonchev–Trinajstić information content (AvgIpc) is 3.24. The Morgan fingerprint density at radius 3 is 2.50 bits per heavy atom. The van der Waals surface area contributed by atoms with Crippen molar-refractivity contribution in [1.29, 1.82) is 0 Å². The summed E-state index contributed by atoms with van der Waals surface area (Å²) in [4.78, 5) is 27.3. The Bertz CT molecular complexity index is 1480. The van der Waals surface area contributed by atoms with E-state index in [1.807, 2.05) is 60.9 Å². The van der Waals surface area contributed by atoms with Crippen molar-refractivity contribution in [2.75, 3.05) is 11.5 Å². The van der Waals surface area contributed by atoms with E-state index in [0.717, 1.165) is 39.7 Å². The van der Waals surface area contributed by atoms with E-state index < -0.39 is 0 Å². The lowest BCUT2D eigenvalue weighted by Crippen LogP contribution is -2.23. The number of anilines is 2. The smallest absolute Gasteiger partial charge is 0.263 e. The molecule has 0 amide bonds. The van der Waals surface area contributed by atoms with Gasteiger partial charge in [-0.05, 0) is 48.9 Å². The zero-order valence-electron chi connectivity index (χ0n) is 18.3. The largest absolute Gasteiger partial charge is 0.382 e. The number of nitrogens with zero attached hydrogens (tertiary/aromatic N) is 4. The summed E-state index contributed by atoms with van der Waals surface area (Å²) in [6.07, 6.45) is 2.32. The van der Waals surface area contributed by atoms with E-state index in [2.05, 4.69) is 32.9 Å². The molecule has 3 aromatic heterocycles. The topological polar surface area (TPSA) is 128 Å². The first-order chi connectivity index (χ1) is 15.4. The van der Waals surface area contributed by atoms with Gasteiger partial charge in [-0.1, -0.05) is 43.3 Å². The molecule has 5 N–H and O–H groups in total. The van der Waals surface area contributed by atoms with Gasteiger partial charge in [0.05, 0.1) is 17.4 Å². The van der Waals surface area contributed by atoms with E-state index >= 15 is 0 Å². The van der Waals surface area contributed by atoms with E-state index in [-0.39, 0.29) is 11.5 Å². The Hall–Kier alpha value is -4.20. The number of nitrogen functional groups attached to an aromatic ring is 2. The molecule has 2 aromatic carbocycles. The molecule has 8 heteroatoms. The highest BCUT2D eigenvalue weighted by Crippen LogP contribution is 2.21. The van der Waals surface area contributed by atoms with Crippen LogP contribution in [0.5, 0.6) is 0 Å². The van der Waals surface area contributed by atoms with Crippen LogP contribution in [0.15, 0.2) is 59.7 Å². The molecular formula is C24H25N7O. The fraction of sp³-hybridized carbons (Fsp3) is 0.167. The average molecular weight is 428 g/mol. The second-order valence-electron chi connectivity index (χ2n) is 7.52. The minimum atomic E-state index is 0.0803. The van der Waals surface area contributed by atoms with Gasteiger partial charge in [0.2, 0.25) is 5.95 Å². The maximum Gasteiger partial charge on any atom is 0.263 e. The summed E-state index contributed by atoms with van der Waals surface area (Å²) in [6, 6.07) is 16.2. The SMILES string of the molecule is CCc1cc2cccc(C)c2c(=O)n1-c1ccccc1C.Nc1nc(N)c2[nH]cnc2n1. The monoisotopic (exact) mass is 427 g/mol. The van der Waals surface area contributed by atoms with Gasteiger partial charge in [0.25, 0.3) is 5.56 Å². The van der Waals surface area contributed by atoms with Gasteiger partial charge in [0.15, 0.2) is 11.5 Å². The highest BCUT2D eigenvalue weighted by atomic mass is 16.1. The number of para-hydroxylation sites is 1. The number of pyridine rings is 1. The molecule has 0 saturated heterocycles. The van der Waals surface area contributed by atoms with Crippen molar-refractivity contribution in [2.24, 2.45) is 0 Å². The quantitative estimate of drug-likeness (QED) is 0.394. The second kappa shape index (κ2) is 8.50. The number of hydrogen-bond acceptors (Lipinski definition) is 6. The van der Waals surface area contributed by atoms with Crippen molar-refractivity contribution < 1.29 is 0 Å². The number of rotatable bonds is 2. The number of aryl methyl sites for hydroxylation is 3. The summed E-state index contributed by atoms with van der Waals surface area (Å²) >= 11 is 0. The van der Waals surface area contributed by atoms with Gasteiger partial charge in [-0.2, -0.15) is 9.97 Å². The molecule has 0 spiro atoms. The number of hydrogen-bond donors (Lipinski definition) is 3. The maximum atomic E-state index is 13.0. The Morgan fingerprint density at radius 1 is 1.00 bits per heavy atom. The third-order valence-electron chi connectivity index (χ3n) is 5.38. The second-order valence-corrected chi connectivity index (χ2v) is 7.52. The zero-order valence-corrected chi connectivity index (χ0v) is 18.3. The maximum absolute atomic E-state index is 13.0. The van der Waals surface area contributed by atoms with Gasteiger partial charge >= 0.3 is 0 Å². The molecule has 3 heterocycles. The normalized spacial score (nSPS) is 10.8. The van der Waals surface area contributed by atoms with Crippen molar-refractivity contribution in [3.8, 4) is 5.69 Å².